The van der Waals surface area contributed by atoms with Gasteiger partial charge in [0.15, 0.2) is 0 Å². The van der Waals surface area contributed by atoms with Crippen LogP contribution in [0.25, 0.3) is 0 Å². The van der Waals surface area contributed by atoms with Crippen molar-refractivity contribution in [1.82, 2.24) is 0 Å². The molecular formula is C16H19NOS. The van der Waals surface area contributed by atoms with Crippen LogP contribution in [0.1, 0.15) is 17.2 Å². The minimum absolute atomic E-state index is 0.104. The van der Waals surface area contributed by atoms with Gasteiger partial charge in [0.2, 0.25) is 0 Å². The van der Waals surface area contributed by atoms with Gasteiger partial charge in [-0.15, -0.1) is 11.8 Å². The third-order valence-corrected chi connectivity index (χ3v) is 3.74. The fourth-order valence-corrected chi connectivity index (χ4v) is 2.52. The molecule has 19 heavy (non-hydrogen) atoms. The normalized spacial score (nSPS) is 12.2. The summed E-state index contributed by atoms with van der Waals surface area (Å²) in [4.78, 5) is 1.13. The fraction of sp³-hybridized carbons (Fsp3) is 0.250. The van der Waals surface area contributed by atoms with Gasteiger partial charge in [-0.25, -0.2) is 0 Å². The lowest BCUT2D eigenvalue weighted by Crippen LogP contribution is -2.18. The zero-order chi connectivity index (χ0) is 13.7. The Kier molecular flexibility index (Phi) is 4.88. The summed E-state index contributed by atoms with van der Waals surface area (Å²) in [6, 6.07) is 16.4. The number of thioether (sulfide) groups is 1. The first-order valence-electron chi connectivity index (χ1n) is 6.31. The number of ether oxygens (including phenoxy) is 1. The van der Waals surface area contributed by atoms with E-state index >= 15 is 0 Å². The number of nitrogens with two attached hydrogens (primary N) is 1. The quantitative estimate of drug-likeness (QED) is 0.842. The molecule has 0 aliphatic heterocycles. The maximum Gasteiger partial charge on any atom is 0.136 e. The van der Waals surface area contributed by atoms with E-state index in [4.69, 9.17) is 10.5 Å². The summed E-state index contributed by atoms with van der Waals surface area (Å²) >= 11 is 1.68. The van der Waals surface area contributed by atoms with Gasteiger partial charge in [-0.05, 0) is 30.9 Å². The number of aryl methyl sites for hydroxylation is 1. The lowest BCUT2D eigenvalue weighted by atomic mass is 10.1. The van der Waals surface area contributed by atoms with Gasteiger partial charge in [0, 0.05) is 11.4 Å². The molecule has 2 rings (SSSR count). The maximum absolute atomic E-state index is 6.08. The van der Waals surface area contributed by atoms with Crippen LogP contribution in [-0.2, 0) is 0 Å². The lowest BCUT2D eigenvalue weighted by Gasteiger charge is -2.19. The van der Waals surface area contributed by atoms with Gasteiger partial charge in [-0.2, -0.15) is 0 Å². The molecule has 2 aromatic rings. The zero-order valence-corrected chi connectivity index (χ0v) is 12.1. The van der Waals surface area contributed by atoms with Crippen LogP contribution < -0.4 is 10.5 Å². The van der Waals surface area contributed by atoms with Crippen molar-refractivity contribution in [3.8, 4) is 5.75 Å². The highest BCUT2D eigenvalue weighted by molar-refractivity contribution is 7.98. The van der Waals surface area contributed by atoms with E-state index in [1.165, 1.54) is 5.56 Å². The molecule has 0 aliphatic rings. The van der Waals surface area contributed by atoms with E-state index in [1.807, 2.05) is 30.5 Å². The van der Waals surface area contributed by atoms with Gasteiger partial charge in [0.1, 0.15) is 11.9 Å². The summed E-state index contributed by atoms with van der Waals surface area (Å²) in [6.45, 7) is 2.54. The topological polar surface area (TPSA) is 35.2 Å². The fourth-order valence-electron chi connectivity index (χ4n) is 1.99. The van der Waals surface area contributed by atoms with Gasteiger partial charge in [-0.1, -0.05) is 42.0 Å². The molecule has 2 aromatic carbocycles. The van der Waals surface area contributed by atoms with Crippen molar-refractivity contribution in [3.05, 3.63) is 59.7 Å². The van der Waals surface area contributed by atoms with Gasteiger partial charge in [-0.3, -0.25) is 0 Å². The molecule has 2 nitrogen and oxygen atoms in total. The predicted molar refractivity (Wildman–Crippen MR) is 81.8 cm³/mol. The van der Waals surface area contributed by atoms with Crippen molar-refractivity contribution in [3.63, 3.8) is 0 Å². The number of rotatable bonds is 5. The molecule has 0 spiro atoms. The highest BCUT2D eigenvalue weighted by Gasteiger charge is 2.13. The van der Waals surface area contributed by atoms with Crippen LogP contribution in [-0.4, -0.2) is 12.8 Å². The predicted octanol–water partition coefficient (Wildman–Crippen LogP) is 3.80. The van der Waals surface area contributed by atoms with Crippen LogP contribution in [0.5, 0.6) is 5.75 Å². The summed E-state index contributed by atoms with van der Waals surface area (Å²) in [6.07, 6.45) is 1.94. The summed E-state index contributed by atoms with van der Waals surface area (Å²) < 4.78 is 6.08. The lowest BCUT2D eigenvalue weighted by molar-refractivity contribution is 0.209. The van der Waals surface area contributed by atoms with Crippen LogP contribution in [0.15, 0.2) is 53.4 Å². The van der Waals surface area contributed by atoms with Crippen molar-refractivity contribution >= 4 is 11.8 Å². The second-order valence-electron chi connectivity index (χ2n) is 4.41. The molecule has 100 valence electrons. The minimum Gasteiger partial charge on any atom is -0.483 e. The van der Waals surface area contributed by atoms with Crippen LogP contribution in [0.3, 0.4) is 0 Å². The number of para-hydroxylation sites is 1. The second-order valence-corrected chi connectivity index (χ2v) is 5.26. The van der Waals surface area contributed by atoms with E-state index in [-0.39, 0.29) is 6.10 Å². The molecule has 0 aromatic heterocycles. The number of hydrogen-bond acceptors (Lipinski definition) is 3. The Morgan fingerprint density at radius 1 is 1.16 bits per heavy atom. The highest BCUT2D eigenvalue weighted by atomic mass is 32.2. The summed E-state index contributed by atoms with van der Waals surface area (Å²) in [5.74, 6) is 0.895. The van der Waals surface area contributed by atoms with E-state index in [0.717, 1.165) is 16.2 Å². The van der Waals surface area contributed by atoms with Gasteiger partial charge in [0.25, 0.3) is 0 Å². The molecule has 0 amide bonds. The molecular weight excluding hydrogens is 254 g/mol. The van der Waals surface area contributed by atoms with Crippen LogP contribution in [0, 0.1) is 6.92 Å². The summed E-state index contributed by atoms with van der Waals surface area (Å²) in [5.41, 5.74) is 8.21. The Hall–Kier alpha value is -1.45. The first kappa shape index (κ1) is 14.0. The Morgan fingerprint density at radius 3 is 2.63 bits per heavy atom. The SMILES string of the molecule is CSc1ccccc1OC(CN)c1cccc(C)c1. The molecule has 0 fully saturated rings. The van der Waals surface area contributed by atoms with Crippen molar-refractivity contribution in [2.45, 2.75) is 17.9 Å². The summed E-state index contributed by atoms with van der Waals surface area (Å²) in [5, 5.41) is 0. The van der Waals surface area contributed by atoms with Crippen molar-refractivity contribution in [1.29, 1.82) is 0 Å². The highest BCUT2D eigenvalue weighted by Crippen LogP contribution is 2.30. The average molecular weight is 273 g/mol. The monoisotopic (exact) mass is 273 g/mol. The van der Waals surface area contributed by atoms with Crippen molar-refractivity contribution in [2.24, 2.45) is 5.73 Å². The Bertz CT molecular complexity index is 542. The number of hydrogen-bond donors (Lipinski definition) is 1. The van der Waals surface area contributed by atoms with Gasteiger partial charge in [0.05, 0.1) is 0 Å². The van der Waals surface area contributed by atoms with Crippen LogP contribution >= 0.6 is 11.8 Å². The largest absolute Gasteiger partial charge is 0.483 e. The third kappa shape index (κ3) is 3.52. The standard InChI is InChI=1S/C16H19NOS/c1-12-6-5-7-13(10-12)15(11-17)18-14-8-3-4-9-16(14)19-2/h3-10,15H,11,17H2,1-2H3. The first-order chi connectivity index (χ1) is 9.24. The van der Waals surface area contributed by atoms with E-state index in [2.05, 4.69) is 31.2 Å². The zero-order valence-electron chi connectivity index (χ0n) is 11.3. The molecule has 0 radical (unpaired) electrons. The van der Waals surface area contributed by atoms with Crippen LogP contribution in [0.2, 0.25) is 0 Å². The minimum atomic E-state index is -0.104. The van der Waals surface area contributed by atoms with Crippen molar-refractivity contribution < 1.29 is 4.74 Å². The van der Waals surface area contributed by atoms with Crippen molar-refractivity contribution in [2.75, 3.05) is 12.8 Å². The first-order valence-corrected chi connectivity index (χ1v) is 7.53. The molecule has 0 saturated carbocycles. The third-order valence-electron chi connectivity index (χ3n) is 2.97. The number of benzene rings is 2. The molecule has 0 bridgehead atoms. The molecule has 1 unspecified atom stereocenters. The average Bonchev–Trinajstić information content (AvgIpc) is 2.45. The summed E-state index contributed by atoms with van der Waals surface area (Å²) in [7, 11) is 0. The smallest absolute Gasteiger partial charge is 0.136 e. The second kappa shape index (κ2) is 6.64. The molecule has 2 N–H and O–H groups in total. The van der Waals surface area contributed by atoms with E-state index in [9.17, 15) is 0 Å². The van der Waals surface area contributed by atoms with E-state index < -0.39 is 0 Å². The Balaban J connectivity index is 2.24. The van der Waals surface area contributed by atoms with Gasteiger partial charge < -0.3 is 10.5 Å². The van der Waals surface area contributed by atoms with E-state index in [0.29, 0.717) is 6.54 Å². The molecule has 0 aliphatic carbocycles. The van der Waals surface area contributed by atoms with Gasteiger partial charge >= 0.3 is 0 Å². The Labute approximate surface area is 119 Å². The Morgan fingerprint density at radius 2 is 1.95 bits per heavy atom. The molecule has 0 heterocycles. The van der Waals surface area contributed by atoms with E-state index in [1.54, 1.807) is 11.8 Å². The molecule has 3 heteroatoms. The molecule has 0 saturated heterocycles. The maximum atomic E-state index is 6.08. The molecule has 1 atom stereocenters. The van der Waals surface area contributed by atoms with Crippen LogP contribution in [0.4, 0.5) is 0 Å².